The van der Waals surface area contributed by atoms with E-state index in [4.69, 9.17) is 0 Å². The molecule has 0 heterocycles. The molecule has 0 heteroatoms. The normalized spacial score (nSPS) is 40.0. The summed E-state index contributed by atoms with van der Waals surface area (Å²) < 4.78 is 0. The second kappa shape index (κ2) is 7.33. The summed E-state index contributed by atoms with van der Waals surface area (Å²) in [5.41, 5.74) is 5.90. The van der Waals surface area contributed by atoms with Crippen molar-refractivity contribution in [3.8, 4) is 0 Å². The van der Waals surface area contributed by atoms with Crippen LogP contribution in [-0.4, -0.2) is 0 Å². The zero-order chi connectivity index (χ0) is 19.1. The van der Waals surface area contributed by atoms with Crippen molar-refractivity contribution in [3.05, 3.63) is 35.5 Å². The van der Waals surface area contributed by atoms with E-state index in [-0.39, 0.29) is 0 Å². The van der Waals surface area contributed by atoms with Crippen molar-refractivity contribution in [2.75, 3.05) is 0 Å². The highest BCUT2D eigenvalue weighted by Crippen LogP contribution is 2.62. The average molecular weight is 355 g/mol. The molecule has 0 unspecified atom stereocenters. The molecule has 146 valence electrons. The maximum atomic E-state index is 4.31. The van der Waals surface area contributed by atoms with Crippen molar-refractivity contribution in [2.45, 2.75) is 92.9 Å². The van der Waals surface area contributed by atoms with Crippen LogP contribution in [0.5, 0.6) is 0 Å². The van der Waals surface area contributed by atoms with Crippen LogP contribution in [0.3, 0.4) is 0 Å². The van der Waals surface area contributed by atoms with Crippen molar-refractivity contribution in [1.29, 1.82) is 0 Å². The summed E-state index contributed by atoms with van der Waals surface area (Å²) in [7, 11) is 0. The molecule has 0 aromatic carbocycles. The zero-order valence-electron chi connectivity index (χ0n) is 18.3. The summed E-state index contributed by atoms with van der Waals surface area (Å²) in [5.74, 6) is 3.03. The highest BCUT2D eigenvalue weighted by Gasteiger charge is 2.53. The van der Waals surface area contributed by atoms with E-state index in [1.807, 2.05) is 0 Å². The zero-order valence-corrected chi connectivity index (χ0v) is 18.3. The maximum absolute atomic E-state index is 4.31. The topological polar surface area (TPSA) is 0 Å². The van der Waals surface area contributed by atoms with Crippen molar-refractivity contribution >= 4 is 0 Å². The van der Waals surface area contributed by atoms with E-state index in [9.17, 15) is 0 Å². The van der Waals surface area contributed by atoms with Gasteiger partial charge in [0, 0.05) is 0 Å². The summed E-state index contributed by atoms with van der Waals surface area (Å²) in [5, 5.41) is 0. The molecule has 5 atom stereocenters. The number of rotatable bonds is 3. The molecule has 0 aromatic heterocycles. The largest absolute Gasteiger partial charge is 0.0993 e. The maximum Gasteiger partial charge on any atom is -0.0143 e. The van der Waals surface area contributed by atoms with Crippen LogP contribution in [0.25, 0.3) is 0 Å². The number of hydrogen-bond donors (Lipinski definition) is 0. The lowest BCUT2D eigenvalue weighted by molar-refractivity contribution is 0.0435. The molecule has 3 rings (SSSR count). The molecule has 0 amide bonds. The van der Waals surface area contributed by atoms with Gasteiger partial charge in [-0.25, -0.2) is 0 Å². The van der Waals surface area contributed by atoms with Gasteiger partial charge in [-0.05, 0) is 79.4 Å². The number of allylic oxidation sites excluding steroid dienone is 5. The lowest BCUT2D eigenvalue weighted by Gasteiger charge is -2.48. The Kier molecular flexibility index (Phi) is 5.63. The van der Waals surface area contributed by atoms with Gasteiger partial charge in [-0.1, -0.05) is 83.4 Å². The van der Waals surface area contributed by atoms with Gasteiger partial charge in [0.25, 0.3) is 0 Å². The monoisotopic (exact) mass is 354 g/mol. The molecule has 0 saturated heterocycles. The van der Waals surface area contributed by atoms with Crippen LogP contribution in [0.2, 0.25) is 0 Å². The molecule has 3 fully saturated rings. The van der Waals surface area contributed by atoms with Crippen LogP contribution in [0.1, 0.15) is 92.9 Å². The van der Waals surface area contributed by atoms with E-state index in [1.54, 1.807) is 11.1 Å². The van der Waals surface area contributed by atoms with E-state index >= 15 is 0 Å². The van der Waals surface area contributed by atoms with Crippen molar-refractivity contribution < 1.29 is 0 Å². The predicted molar refractivity (Wildman–Crippen MR) is 115 cm³/mol. The first-order chi connectivity index (χ1) is 12.2. The number of hydrogen-bond acceptors (Lipinski definition) is 0. The molecule has 0 aromatic rings. The Labute approximate surface area is 163 Å². The van der Waals surface area contributed by atoms with Crippen LogP contribution in [0.15, 0.2) is 35.5 Å². The molecule has 0 nitrogen and oxygen atoms in total. The number of fused-ring (bicyclic) bond motifs is 1. The summed E-state index contributed by atoms with van der Waals surface area (Å²) in [6, 6.07) is 0. The minimum Gasteiger partial charge on any atom is -0.0993 e. The molecule has 0 N–H and O–H groups in total. The van der Waals surface area contributed by atoms with E-state index < -0.39 is 0 Å². The Morgan fingerprint density at radius 2 is 1.77 bits per heavy atom. The van der Waals surface area contributed by atoms with Crippen LogP contribution in [0.4, 0.5) is 0 Å². The summed E-state index contributed by atoms with van der Waals surface area (Å²) in [6.07, 6.45) is 15.8. The highest BCUT2D eigenvalue weighted by molar-refractivity contribution is 5.28. The molecule has 3 saturated carbocycles. The molecule has 26 heavy (non-hydrogen) atoms. The first-order valence-electron chi connectivity index (χ1n) is 11.3. The Hall–Kier alpha value is -0.780. The average Bonchev–Trinajstić information content (AvgIpc) is 2.96. The Balaban J connectivity index is 1.81. The first-order valence-corrected chi connectivity index (χ1v) is 11.3. The second-order valence-corrected chi connectivity index (χ2v) is 10.7. The lowest BCUT2D eigenvalue weighted by Crippen LogP contribution is -2.39. The van der Waals surface area contributed by atoms with Crippen molar-refractivity contribution in [2.24, 2.45) is 34.5 Å². The smallest absolute Gasteiger partial charge is 0.0143 e. The van der Waals surface area contributed by atoms with E-state index in [0.29, 0.717) is 22.7 Å². The molecule has 3 aliphatic rings. The lowest BCUT2D eigenvalue weighted by atomic mass is 9.57. The summed E-state index contributed by atoms with van der Waals surface area (Å²) in [6.45, 7) is 19.1. The van der Waals surface area contributed by atoms with E-state index in [1.165, 1.54) is 56.9 Å². The highest BCUT2D eigenvalue weighted by atomic mass is 14.6. The third-order valence-electron chi connectivity index (χ3n) is 8.75. The molecular formula is C26H42. The fourth-order valence-electron chi connectivity index (χ4n) is 6.75. The molecular weight excluding hydrogens is 312 g/mol. The fraction of sp³-hybridized carbons (Fsp3) is 0.769. The summed E-state index contributed by atoms with van der Waals surface area (Å²) >= 11 is 0. The van der Waals surface area contributed by atoms with Gasteiger partial charge in [-0.2, -0.15) is 0 Å². The summed E-state index contributed by atoms with van der Waals surface area (Å²) in [4.78, 5) is 0. The first kappa shape index (κ1) is 20.0. The van der Waals surface area contributed by atoms with Crippen molar-refractivity contribution in [1.82, 2.24) is 0 Å². The van der Waals surface area contributed by atoms with Crippen molar-refractivity contribution in [3.63, 3.8) is 0 Å². The SMILES string of the molecule is C=C1[C@H](C)CC(=C/C=C2\CCC[C@]3(C)[C@@H](C(C)(C)CC)CC[C@@H]23)C[C@H]1C. The van der Waals surface area contributed by atoms with Gasteiger partial charge in [0.15, 0.2) is 0 Å². The molecule has 3 aliphatic carbocycles. The molecule has 0 bridgehead atoms. The van der Waals surface area contributed by atoms with Gasteiger partial charge in [-0.15, -0.1) is 0 Å². The minimum atomic E-state index is 0.485. The molecule has 0 aliphatic heterocycles. The molecule has 0 spiro atoms. The third-order valence-corrected chi connectivity index (χ3v) is 8.75. The van der Waals surface area contributed by atoms with Gasteiger partial charge in [0.2, 0.25) is 0 Å². The van der Waals surface area contributed by atoms with E-state index in [2.05, 4.69) is 60.3 Å². The minimum absolute atomic E-state index is 0.485. The Bertz CT molecular complexity index is 586. The quantitative estimate of drug-likeness (QED) is 0.449. The third kappa shape index (κ3) is 3.50. The van der Waals surface area contributed by atoms with Crippen LogP contribution >= 0.6 is 0 Å². The van der Waals surface area contributed by atoms with Gasteiger partial charge < -0.3 is 0 Å². The van der Waals surface area contributed by atoms with Crippen LogP contribution < -0.4 is 0 Å². The van der Waals surface area contributed by atoms with E-state index in [0.717, 1.165) is 11.8 Å². The van der Waals surface area contributed by atoms with Gasteiger partial charge >= 0.3 is 0 Å². The Morgan fingerprint density at radius 3 is 2.38 bits per heavy atom. The second-order valence-electron chi connectivity index (χ2n) is 10.7. The predicted octanol–water partition coefficient (Wildman–Crippen LogP) is 8.11. The van der Waals surface area contributed by atoms with Gasteiger partial charge in [0.05, 0.1) is 0 Å². The van der Waals surface area contributed by atoms with Gasteiger partial charge in [0.1, 0.15) is 0 Å². The standard InChI is InChI=1S/C26H42/c1-8-25(5,6)24-14-13-23-22(10-9-15-26(23,24)7)12-11-21-16-18(2)20(4)19(3)17-21/h11-12,18-19,23-24H,4,8-10,13-17H2,1-3,5-7H3/b22-12+/t18-,19-,23+,24-,26+/m1/s1. The van der Waals surface area contributed by atoms with Crippen LogP contribution in [-0.2, 0) is 0 Å². The fourth-order valence-corrected chi connectivity index (χ4v) is 6.75. The van der Waals surface area contributed by atoms with Crippen LogP contribution in [0, 0.1) is 34.5 Å². The Morgan fingerprint density at radius 1 is 1.12 bits per heavy atom. The van der Waals surface area contributed by atoms with Gasteiger partial charge in [-0.3, -0.25) is 0 Å². The molecule has 0 radical (unpaired) electrons.